The molecule has 0 saturated heterocycles. The molecule has 2 N–H and O–H groups in total. The minimum absolute atomic E-state index is 0.0898. The number of halogens is 3. The highest BCUT2D eigenvalue weighted by atomic mass is 19.3. The van der Waals surface area contributed by atoms with Gasteiger partial charge in [-0.15, -0.1) is 5.10 Å². The summed E-state index contributed by atoms with van der Waals surface area (Å²) >= 11 is 0. The number of fused-ring (bicyclic) bond motifs is 2. The van der Waals surface area contributed by atoms with E-state index in [2.05, 4.69) is 20.8 Å². The van der Waals surface area contributed by atoms with E-state index in [1.54, 1.807) is 25.6 Å². The fourth-order valence-electron chi connectivity index (χ4n) is 4.15. The van der Waals surface area contributed by atoms with Crippen molar-refractivity contribution in [2.24, 2.45) is 14.1 Å². The second-order valence-electron chi connectivity index (χ2n) is 8.23. The molecule has 1 atom stereocenters. The molecule has 174 valence electrons. The lowest BCUT2D eigenvalue weighted by Crippen LogP contribution is -2.29. The number of nitrogens with one attached hydrogen (secondary N) is 2. The van der Waals surface area contributed by atoms with E-state index >= 15 is 4.39 Å². The van der Waals surface area contributed by atoms with Gasteiger partial charge in [0.1, 0.15) is 5.82 Å². The van der Waals surface area contributed by atoms with Crippen LogP contribution < -0.4 is 16.3 Å². The lowest BCUT2D eigenvalue weighted by atomic mass is 9.99. The van der Waals surface area contributed by atoms with E-state index in [9.17, 15) is 13.6 Å². The van der Waals surface area contributed by atoms with Gasteiger partial charge >= 0.3 is 5.69 Å². The zero-order chi connectivity index (χ0) is 24.1. The summed E-state index contributed by atoms with van der Waals surface area (Å²) in [5.41, 5.74) is 1.38. The van der Waals surface area contributed by atoms with Crippen LogP contribution in [0.3, 0.4) is 0 Å². The van der Waals surface area contributed by atoms with Gasteiger partial charge in [-0.1, -0.05) is 18.2 Å². The van der Waals surface area contributed by atoms with Crippen LogP contribution in [0, 0.1) is 12.7 Å². The van der Waals surface area contributed by atoms with E-state index in [0.717, 1.165) is 17.0 Å². The van der Waals surface area contributed by atoms with Gasteiger partial charge in [0.15, 0.2) is 5.82 Å². The lowest BCUT2D eigenvalue weighted by molar-refractivity contribution is -0.00488. The van der Waals surface area contributed by atoms with Crippen LogP contribution in [0.25, 0.3) is 21.8 Å². The molecule has 33 heavy (non-hydrogen) atoms. The molecule has 7 nitrogen and oxygen atoms in total. The smallest absolute Gasteiger partial charge is 0.328 e. The number of hydrogen-bond acceptors (Lipinski definition) is 5. The second-order valence-corrected chi connectivity index (χ2v) is 8.23. The minimum Gasteiger partial charge on any atom is -0.361 e. The highest BCUT2D eigenvalue weighted by Crippen LogP contribution is 2.34. The molecular formula is C23H25F3N6O. The topological polar surface area (TPSA) is 76.8 Å². The van der Waals surface area contributed by atoms with Crippen molar-refractivity contribution < 1.29 is 13.2 Å². The number of anilines is 1. The molecule has 0 radical (unpaired) electrons. The van der Waals surface area contributed by atoms with Gasteiger partial charge in [-0.3, -0.25) is 9.13 Å². The van der Waals surface area contributed by atoms with Gasteiger partial charge in [-0.2, -0.15) is 13.9 Å². The fraction of sp³-hybridized carbons (Fsp3) is 0.348. The van der Waals surface area contributed by atoms with Crippen molar-refractivity contribution in [2.75, 3.05) is 18.9 Å². The molecule has 0 fully saturated rings. The van der Waals surface area contributed by atoms with E-state index in [1.807, 2.05) is 19.1 Å². The molecule has 0 aliphatic heterocycles. The highest BCUT2D eigenvalue weighted by molar-refractivity contribution is 6.01. The molecule has 2 aromatic heterocycles. The van der Waals surface area contributed by atoms with Crippen molar-refractivity contribution in [3.63, 3.8) is 0 Å². The average molecular weight is 458 g/mol. The zero-order valence-corrected chi connectivity index (χ0v) is 19.0. The van der Waals surface area contributed by atoms with Crippen LogP contribution in [0.1, 0.15) is 29.8 Å². The Balaban J connectivity index is 1.80. The van der Waals surface area contributed by atoms with Gasteiger partial charge in [0.25, 0.3) is 5.92 Å². The molecule has 0 bridgehead atoms. The first kappa shape index (κ1) is 22.8. The first-order valence-corrected chi connectivity index (χ1v) is 10.5. The SMILES string of the molecule is CNCC(F)(F)c1cccc([C@@H](C)Nc2nnc(C)c3cc4c(cc23)n(C)c(=O)n4C)c1F. The standard InChI is InChI=1S/C23H25F3N6O/c1-12(14-7-6-8-17(20(14)24)23(25,26)11-27-3)28-21-16-10-19-18(31(4)22(33)32(19)5)9-15(16)13(2)29-30-21/h6-10,12,27H,11H2,1-5H3,(H,28,30)/t12-/m1/s1. The van der Waals surface area contributed by atoms with E-state index in [1.165, 1.54) is 23.7 Å². The second kappa shape index (κ2) is 8.18. The number of rotatable bonds is 6. The zero-order valence-electron chi connectivity index (χ0n) is 19.0. The first-order valence-electron chi connectivity index (χ1n) is 10.5. The summed E-state index contributed by atoms with van der Waals surface area (Å²) in [5.74, 6) is -3.95. The van der Waals surface area contributed by atoms with Crippen molar-refractivity contribution in [2.45, 2.75) is 25.8 Å². The molecule has 0 saturated carbocycles. The predicted octanol–water partition coefficient (Wildman–Crippen LogP) is 3.75. The Morgan fingerprint density at radius 1 is 1.09 bits per heavy atom. The maximum Gasteiger partial charge on any atom is 0.328 e. The van der Waals surface area contributed by atoms with Gasteiger partial charge in [-0.05, 0) is 33.0 Å². The van der Waals surface area contributed by atoms with Gasteiger partial charge in [0.05, 0.1) is 34.9 Å². The van der Waals surface area contributed by atoms with Gasteiger partial charge < -0.3 is 10.6 Å². The molecular weight excluding hydrogens is 433 g/mol. The number of nitrogens with zero attached hydrogens (tertiary/aromatic N) is 4. The Morgan fingerprint density at radius 3 is 2.36 bits per heavy atom. The summed E-state index contributed by atoms with van der Waals surface area (Å²) in [5, 5.41) is 15.4. The molecule has 0 unspecified atom stereocenters. The van der Waals surface area contributed by atoms with Crippen LogP contribution in [-0.2, 0) is 20.0 Å². The first-order chi connectivity index (χ1) is 15.6. The quantitative estimate of drug-likeness (QED) is 0.460. The van der Waals surface area contributed by atoms with E-state index in [-0.39, 0.29) is 11.3 Å². The highest BCUT2D eigenvalue weighted by Gasteiger charge is 2.35. The van der Waals surface area contributed by atoms with Crippen molar-refractivity contribution in [3.05, 3.63) is 63.5 Å². The summed E-state index contributed by atoms with van der Waals surface area (Å²) < 4.78 is 47.0. The van der Waals surface area contributed by atoms with Crippen LogP contribution in [0.4, 0.5) is 19.0 Å². The largest absolute Gasteiger partial charge is 0.361 e. The summed E-state index contributed by atoms with van der Waals surface area (Å²) in [7, 11) is 4.77. The Kier molecular flexibility index (Phi) is 5.65. The van der Waals surface area contributed by atoms with E-state index in [4.69, 9.17) is 0 Å². The number of imidazole rings is 1. The van der Waals surface area contributed by atoms with Crippen molar-refractivity contribution in [1.82, 2.24) is 24.6 Å². The number of alkyl halides is 2. The third-order valence-corrected chi connectivity index (χ3v) is 6.00. The molecule has 0 aliphatic rings. The molecule has 2 aromatic carbocycles. The Morgan fingerprint density at radius 2 is 1.73 bits per heavy atom. The summed E-state index contributed by atoms with van der Waals surface area (Å²) in [6, 6.07) is 7.00. The normalized spacial score (nSPS) is 13.1. The van der Waals surface area contributed by atoms with Crippen LogP contribution in [0.2, 0.25) is 0 Å². The van der Waals surface area contributed by atoms with Crippen molar-refractivity contribution >= 4 is 27.6 Å². The molecule has 10 heteroatoms. The van der Waals surface area contributed by atoms with Gasteiger partial charge in [-0.25, -0.2) is 9.18 Å². The molecule has 0 spiro atoms. The van der Waals surface area contributed by atoms with Crippen LogP contribution >= 0.6 is 0 Å². The number of aryl methyl sites for hydroxylation is 3. The van der Waals surface area contributed by atoms with Gasteiger partial charge in [0, 0.05) is 30.4 Å². The maximum atomic E-state index is 15.1. The third kappa shape index (κ3) is 3.74. The molecule has 4 aromatic rings. The number of hydrogen-bond donors (Lipinski definition) is 2. The van der Waals surface area contributed by atoms with Crippen molar-refractivity contribution in [1.29, 1.82) is 0 Å². The minimum atomic E-state index is -3.35. The lowest BCUT2D eigenvalue weighted by Gasteiger charge is -2.21. The Hall–Kier alpha value is -3.40. The molecule has 0 amide bonds. The Bertz CT molecular complexity index is 1430. The van der Waals surface area contributed by atoms with Crippen molar-refractivity contribution in [3.8, 4) is 0 Å². The molecule has 4 rings (SSSR count). The van der Waals surface area contributed by atoms with Crippen LogP contribution in [-0.4, -0.2) is 32.9 Å². The number of aromatic nitrogens is 4. The van der Waals surface area contributed by atoms with E-state index < -0.39 is 29.9 Å². The van der Waals surface area contributed by atoms with Gasteiger partial charge in [0.2, 0.25) is 0 Å². The number of likely N-dealkylation sites (N-methyl/N-ethyl adjacent to an activating group) is 1. The molecule has 2 heterocycles. The summed E-state index contributed by atoms with van der Waals surface area (Å²) in [4.78, 5) is 12.4. The summed E-state index contributed by atoms with van der Waals surface area (Å²) in [6.45, 7) is 2.81. The summed E-state index contributed by atoms with van der Waals surface area (Å²) in [6.07, 6.45) is 0. The molecule has 0 aliphatic carbocycles. The number of benzene rings is 2. The third-order valence-electron chi connectivity index (χ3n) is 6.00. The Labute approximate surface area is 188 Å². The predicted molar refractivity (Wildman–Crippen MR) is 122 cm³/mol. The average Bonchev–Trinajstić information content (AvgIpc) is 2.98. The van der Waals surface area contributed by atoms with Crippen LogP contribution in [0.5, 0.6) is 0 Å². The van der Waals surface area contributed by atoms with E-state index in [0.29, 0.717) is 22.4 Å². The fourth-order valence-corrected chi connectivity index (χ4v) is 4.15. The van der Waals surface area contributed by atoms with Crippen LogP contribution in [0.15, 0.2) is 35.1 Å². The monoisotopic (exact) mass is 458 g/mol. The maximum absolute atomic E-state index is 15.1.